The van der Waals surface area contributed by atoms with Gasteiger partial charge in [-0.2, -0.15) is 0 Å². The molecular formula is C15H23ClN2O2S. The molecule has 118 valence electrons. The van der Waals surface area contributed by atoms with Gasteiger partial charge in [0.05, 0.1) is 5.02 Å². The molecule has 1 aromatic carbocycles. The minimum atomic E-state index is -3.59. The highest BCUT2D eigenvalue weighted by Gasteiger charge is 2.21. The van der Waals surface area contributed by atoms with Crippen LogP contribution in [0.25, 0.3) is 0 Å². The Hall–Kier alpha value is -0.780. The average molecular weight is 331 g/mol. The third-order valence-electron chi connectivity index (χ3n) is 4.22. The van der Waals surface area contributed by atoms with Gasteiger partial charge in [-0.3, -0.25) is 0 Å². The quantitative estimate of drug-likeness (QED) is 0.812. The van der Waals surface area contributed by atoms with Crippen LogP contribution in [0, 0.1) is 11.8 Å². The standard InChI is InChI=1S/C15H23ClN2O2S/c1-11-2-4-12(5-3-11)8-9-18-21(19,20)15-10-13(17)6-7-14(15)16/h6-7,10-12,18H,2-5,8-9,17H2,1H3. The van der Waals surface area contributed by atoms with Gasteiger partial charge in [0.25, 0.3) is 0 Å². The molecule has 0 aromatic heterocycles. The van der Waals surface area contributed by atoms with Crippen molar-refractivity contribution in [2.75, 3.05) is 12.3 Å². The van der Waals surface area contributed by atoms with E-state index in [0.29, 0.717) is 18.2 Å². The highest BCUT2D eigenvalue weighted by molar-refractivity contribution is 7.89. The van der Waals surface area contributed by atoms with Crippen molar-refractivity contribution in [3.8, 4) is 0 Å². The zero-order chi connectivity index (χ0) is 15.5. The number of nitrogens with one attached hydrogen (secondary N) is 1. The maximum Gasteiger partial charge on any atom is 0.242 e. The molecule has 0 radical (unpaired) electrons. The summed E-state index contributed by atoms with van der Waals surface area (Å²) in [6.45, 7) is 2.73. The molecule has 1 fully saturated rings. The van der Waals surface area contributed by atoms with Gasteiger partial charge >= 0.3 is 0 Å². The van der Waals surface area contributed by atoms with Gasteiger partial charge in [-0.05, 0) is 36.5 Å². The Balaban J connectivity index is 1.91. The number of benzene rings is 1. The van der Waals surface area contributed by atoms with Crippen LogP contribution >= 0.6 is 11.6 Å². The predicted molar refractivity (Wildman–Crippen MR) is 86.8 cm³/mol. The number of hydrogen-bond acceptors (Lipinski definition) is 3. The Morgan fingerprint density at radius 2 is 1.95 bits per heavy atom. The lowest BCUT2D eigenvalue weighted by Gasteiger charge is -2.26. The molecule has 1 aromatic rings. The van der Waals surface area contributed by atoms with Crippen molar-refractivity contribution in [2.45, 2.75) is 43.9 Å². The fourth-order valence-electron chi connectivity index (χ4n) is 2.82. The predicted octanol–water partition coefficient (Wildman–Crippen LogP) is 3.42. The fourth-order valence-corrected chi connectivity index (χ4v) is 4.40. The Morgan fingerprint density at radius 3 is 2.62 bits per heavy atom. The van der Waals surface area contributed by atoms with Gasteiger partial charge in [-0.25, -0.2) is 13.1 Å². The molecule has 0 saturated heterocycles. The number of nitrogens with two attached hydrogens (primary N) is 1. The number of sulfonamides is 1. The van der Waals surface area contributed by atoms with Crippen molar-refractivity contribution in [1.82, 2.24) is 4.72 Å². The van der Waals surface area contributed by atoms with E-state index in [2.05, 4.69) is 11.6 Å². The number of nitrogen functional groups attached to an aromatic ring is 1. The molecule has 0 atom stereocenters. The summed E-state index contributed by atoms with van der Waals surface area (Å²) in [5, 5.41) is 0.197. The summed E-state index contributed by atoms with van der Waals surface area (Å²) in [4.78, 5) is 0.0569. The molecule has 0 heterocycles. The third-order valence-corrected chi connectivity index (χ3v) is 6.17. The minimum absolute atomic E-state index is 0.0569. The van der Waals surface area contributed by atoms with E-state index < -0.39 is 10.0 Å². The van der Waals surface area contributed by atoms with Gasteiger partial charge in [0, 0.05) is 12.2 Å². The molecule has 0 unspecified atom stereocenters. The van der Waals surface area contributed by atoms with Crippen molar-refractivity contribution < 1.29 is 8.42 Å². The number of halogens is 1. The molecule has 21 heavy (non-hydrogen) atoms. The monoisotopic (exact) mass is 330 g/mol. The molecule has 6 heteroatoms. The van der Waals surface area contributed by atoms with E-state index in [1.54, 1.807) is 6.07 Å². The van der Waals surface area contributed by atoms with E-state index >= 15 is 0 Å². The molecule has 1 aliphatic rings. The molecular weight excluding hydrogens is 308 g/mol. The van der Waals surface area contributed by atoms with Crippen LogP contribution in [0.5, 0.6) is 0 Å². The molecule has 0 amide bonds. The summed E-state index contributed by atoms with van der Waals surface area (Å²) in [6.07, 6.45) is 5.77. The van der Waals surface area contributed by atoms with Crippen molar-refractivity contribution >= 4 is 27.3 Å². The second kappa shape index (κ2) is 6.99. The summed E-state index contributed by atoms with van der Waals surface area (Å²) in [6, 6.07) is 4.49. The van der Waals surface area contributed by atoms with Crippen LogP contribution in [-0.4, -0.2) is 15.0 Å². The van der Waals surface area contributed by atoms with Crippen molar-refractivity contribution in [2.24, 2.45) is 11.8 Å². The van der Waals surface area contributed by atoms with E-state index in [9.17, 15) is 8.42 Å². The maximum atomic E-state index is 12.2. The average Bonchev–Trinajstić information content (AvgIpc) is 2.43. The molecule has 0 aliphatic heterocycles. The van der Waals surface area contributed by atoms with Gasteiger partial charge in [-0.1, -0.05) is 44.2 Å². The Morgan fingerprint density at radius 1 is 1.29 bits per heavy atom. The van der Waals surface area contributed by atoms with Crippen LogP contribution in [-0.2, 0) is 10.0 Å². The summed E-state index contributed by atoms with van der Waals surface area (Å²) in [7, 11) is -3.59. The summed E-state index contributed by atoms with van der Waals surface area (Å²) < 4.78 is 27.1. The van der Waals surface area contributed by atoms with Crippen LogP contribution < -0.4 is 10.5 Å². The number of rotatable bonds is 5. The lowest BCUT2D eigenvalue weighted by Crippen LogP contribution is -2.27. The van der Waals surface area contributed by atoms with E-state index in [4.69, 9.17) is 17.3 Å². The van der Waals surface area contributed by atoms with Crippen LogP contribution in [0.1, 0.15) is 39.0 Å². The second-order valence-electron chi connectivity index (χ2n) is 6.00. The first-order valence-electron chi connectivity index (χ1n) is 7.43. The van der Waals surface area contributed by atoms with E-state index in [1.807, 2.05) is 0 Å². The highest BCUT2D eigenvalue weighted by atomic mass is 35.5. The molecule has 2 rings (SSSR count). The van der Waals surface area contributed by atoms with E-state index in [-0.39, 0.29) is 9.92 Å². The summed E-state index contributed by atoms with van der Waals surface area (Å²) >= 11 is 5.95. The van der Waals surface area contributed by atoms with E-state index in [1.165, 1.54) is 37.8 Å². The highest BCUT2D eigenvalue weighted by Crippen LogP contribution is 2.30. The Kier molecular flexibility index (Phi) is 5.52. The zero-order valence-corrected chi connectivity index (χ0v) is 13.9. The van der Waals surface area contributed by atoms with Crippen molar-refractivity contribution in [3.05, 3.63) is 23.2 Å². The van der Waals surface area contributed by atoms with Gasteiger partial charge < -0.3 is 5.73 Å². The normalized spacial score (nSPS) is 23.1. The molecule has 3 N–H and O–H groups in total. The summed E-state index contributed by atoms with van der Waals surface area (Å²) in [5.74, 6) is 1.43. The molecule has 1 saturated carbocycles. The molecule has 0 spiro atoms. The van der Waals surface area contributed by atoms with Crippen molar-refractivity contribution in [1.29, 1.82) is 0 Å². The topological polar surface area (TPSA) is 72.2 Å². The Bertz CT molecular complexity index is 581. The summed E-state index contributed by atoms with van der Waals surface area (Å²) in [5.41, 5.74) is 6.02. The van der Waals surface area contributed by atoms with Crippen LogP contribution in [0.4, 0.5) is 5.69 Å². The number of anilines is 1. The second-order valence-corrected chi connectivity index (χ2v) is 8.14. The molecule has 1 aliphatic carbocycles. The lowest BCUT2D eigenvalue weighted by atomic mass is 9.81. The minimum Gasteiger partial charge on any atom is -0.399 e. The lowest BCUT2D eigenvalue weighted by molar-refractivity contribution is 0.278. The Labute approximate surface area is 132 Å². The van der Waals surface area contributed by atoms with Gasteiger partial charge in [-0.15, -0.1) is 0 Å². The largest absolute Gasteiger partial charge is 0.399 e. The SMILES string of the molecule is CC1CCC(CCNS(=O)(=O)c2cc(N)ccc2Cl)CC1. The molecule has 0 bridgehead atoms. The first-order valence-corrected chi connectivity index (χ1v) is 9.29. The van der Waals surface area contributed by atoms with Crippen LogP contribution in [0.3, 0.4) is 0 Å². The first-order chi connectivity index (χ1) is 9.88. The molecule has 4 nitrogen and oxygen atoms in total. The zero-order valence-electron chi connectivity index (χ0n) is 12.3. The van der Waals surface area contributed by atoms with E-state index in [0.717, 1.165) is 12.3 Å². The number of hydrogen-bond donors (Lipinski definition) is 2. The van der Waals surface area contributed by atoms with Gasteiger partial charge in [0.15, 0.2) is 0 Å². The van der Waals surface area contributed by atoms with Gasteiger partial charge in [0.2, 0.25) is 10.0 Å². The smallest absolute Gasteiger partial charge is 0.242 e. The van der Waals surface area contributed by atoms with Gasteiger partial charge in [0.1, 0.15) is 4.90 Å². The first kappa shape index (κ1) is 16.6. The van der Waals surface area contributed by atoms with Crippen LogP contribution in [0.15, 0.2) is 23.1 Å². The third kappa shape index (κ3) is 4.59. The fraction of sp³-hybridized carbons (Fsp3) is 0.600. The van der Waals surface area contributed by atoms with Crippen LogP contribution in [0.2, 0.25) is 5.02 Å². The maximum absolute atomic E-state index is 12.2. The van der Waals surface area contributed by atoms with Crippen molar-refractivity contribution in [3.63, 3.8) is 0 Å².